The van der Waals surface area contributed by atoms with Crippen LogP contribution in [-0.4, -0.2) is 19.3 Å². The van der Waals surface area contributed by atoms with E-state index in [4.69, 9.17) is 0 Å². The van der Waals surface area contributed by atoms with Crippen LogP contribution in [0.25, 0.3) is 0 Å². The van der Waals surface area contributed by atoms with Crippen molar-refractivity contribution < 1.29 is 9.18 Å². The van der Waals surface area contributed by atoms with Gasteiger partial charge in [0.05, 0.1) is 6.04 Å². The lowest BCUT2D eigenvalue weighted by atomic mass is 9.99. The van der Waals surface area contributed by atoms with E-state index in [1.165, 1.54) is 0 Å². The Morgan fingerprint density at radius 3 is 2.24 bits per heavy atom. The zero-order valence-electron chi connectivity index (χ0n) is 11.8. The number of hydrogen-bond acceptors (Lipinski definition) is 1. The number of halogens is 1. The molecule has 21 heavy (non-hydrogen) atoms. The highest BCUT2D eigenvalue weighted by molar-refractivity contribution is 5.74. The third kappa shape index (κ3) is 4.91. The second-order valence-electron chi connectivity index (χ2n) is 4.74. The van der Waals surface area contributed by atoms with Crippen molar-refractivity contribution in [2.45, 2.75) is 12.5 Å². The van der Waals surface area contributed by atoms with Crippen LogP contribution in [0.2, 0.25) is 0 Å². The number of nitrogens with one attached hydrogen (secondary N) is 2. The lowest BCUT2D eigenvalue weighted by Crippen LogP contribution is -2.39. The molecule has 0 heterocycles. The summed E-state index contributed by atoms with van der Waals surface area (Å²) < 4.78 is 12.1. The van der Waals surface area contributed by atoms with Crippen molar-refractivity contribution >= 4 is 6.03 Å². The Labute approximate surface area is 124 Å². The molecule has 2 N–H and O–H groups in total. The molecule has 0 aliphatic rings. The van der Waals surface area contributed by atoms with Gasteiger partial charge in [-0.05, 0) is 17.5 Å². The molecular weight excluding hydrogens is 267 g/mol. The predicted molar refractivity (Wildman–Crippen MR) is 81.8 cm³/mol. The van der Waals surface area contributed by atoms with Crippen LogP contribution in [0.4, 0.5) is 9.18 Å². The van der Waals surface area contributed by atoms with Gasteiger partial charge in [-0.2, -0.15) is 0 Å². The maximum Gasteiger partial charge on any atom is 0.315 e. The van der Waals surface area contributed by atoms with E-state index in [1.54, 1.807) is 0 Å². The van der Waals surface area contributed by atoms with Crippen molar-refractivity contribution in [1.29, 1.82) is 0 Å². The molecule has 0 aliphatic heterocycles. The molecule has 0 aromatic heterocycles. The minimum atomic E-state index is -0.567. The van der Waals surface area contributed by atoms with Gasteiger partial charge in [0.25, 0.3) is 0 Å². The van der Waals surface area contributed by atoms with Crippen molar-refractivity contribution in [1.82, 2.24) is 10.6 Å². The molecule has 2 aromatic carbocycles. The summed E-state index contributed by atoms with van der Waals surface area (Å²) in [5.41, 5.74) is 2.16. The SMILES string of the molecule is O=C(NCCF)NC(Cc1ccccc1)c1ccccc1. The minimum absolute atomic E-state index is 0.0265. The summed E-state index contributed by atoms with van der Waals surface area (Å²) in [5, 5.41) is 5.39. The first kappa shape index (κ1) is 15.0. The van der Waals surface area contributed by atoms with Gasteiger partial charge in [-0.15, -0.1) is 0 Å². The number of rotatable bonds is 6. The molecule has 1 atom stereocenters. The fourth-order valence-electron chi connectivity index (χ4n) is 2.16. The zero-order chi connectivity index (χ0) is 14.9. The predicted octanol–water partition coefficient (Wildman–Crippen LogP) is 3.24. The smallest absolute Gasteiger partial charge is 0.315 e. The van der Waals surface area contributed by atoms with Gasteiger partial charge < -0.3 is 10.6 Å². The molecule has 110 valence electrons. The Morgan fingerprint density at radius 2 is 1.62 bits per heavy atom. The van der Waals surface area contributed by atoms with Gasteiger partial charge in [-0.3, -0.25) is 0 Å². The van der Waals surface area contributed by atoms with E-state index in [0.29, 0.717) is 6.42 Å². The molecule has 2 amide bonds. The Balaban J connectivity index is 2.09. The molecule has 0 radical (unpaired) electrons. The van der Waals surface area contributed by atoms with E-state index in [2.05, 4.69) is 10.6 Å². The number of hydrogen-bond donors (Lipinski definition) is 2. The topological polar surface area (TPSA) is 41.1 Å². The van der Waals surface area contributed by atoms with Crippen LogP contribution in [0, 0.1) is 0 Å². The average Bonchev–Trinajstić information content (AvgIpc) is 2.54. The minimum Gasteiger partial charge on any atom is -0.336 e. The maximum atomic E-state index is 12.1. The van der Waals surface area contributed by atoms with Gasteiger partial charge in [0, 0.05) is 6.54 Å². The van der Waals surface area contributed by atoms with Crippen LogP contribution in [0.5, 0.6) is 0 Å². The largest absolute Gasteiger partial charge is 0.336 e. The molecule has 0 bridgehead atoms. The van der Waals surface area contributed by atoms with E-state index < -0.39 is 6.67 Å². The summed E-state index contributed by atoms with van der Waals surface area (Å²) in [6.45, 7) is -0.541. The van der Waals surface area contributed by atoms with Crippen LogP contribution in [0.1, 0.15) is 17.2 Å². The summed E-state index contributed by atoms with van der Waals surface area (Å²) >= 11 is 0. The van der Waals surface area contributed by atoms with E-state index in [1.807, 2.05) is 60.7 Å². The summed E-state index contributed by atoms with van der Waals surface area (Å²) in [7, 11) is 0. The molecule has 0 fully saturated rings. The van der Waals surface area contributed by atoms with Crippen LogP contribution in [0.15, 0.2) is 60.7 Å². The fraction of sp³-hybridized carbons (Fsp3) is 0.235. The average molecular weight is 286 g/mol. The Kier molecular flexibility index (Phi) is 5.76. The highest BCUT2D eigenvalue weighted by Gasteiger charge is 2.14. The molecule has 0 saturated heterocycles. The zero-order valence-corrected chi connectivity index (χ0v) is 11.8. The maximum absolute atomic E-state index is 12.1. The van der Waals surface area contributed by atoms with E-state index in [9.17, 15) is 9.18 Å². The molecule has 2 aromatic rings. The second-order valence-corrected chi connectivity index (χ2v) is 4.74. The van der Waals surface area contributed by atoms with Crippen LogP contribution >= 0.6 is 0 Å². The molecule has 4 heteroatoms. The van der Waals surface area contributed by atoms with Gasteiger partial charge >= 0.3 is 6.03 Å². The number of carbonyl (C=O) groups is 1. The molecular formula is C17H19FN2O. The third-order valence-corrected chi connectivity index (χ3v) is 3.17. The lowest BCUT2D eigenvalue weighted by molar-refractivity contribution is 0.236. The van der Waals surface area contributed by atoms with Crippen molar-refractivity contribution in [3.8, 4) is 0 Å². The first-order chi connectivity index (χ1) is 10.3. The number of carbonyl (C=O) groups excluding carboxylic acids is 1. The highest BCUT2D eigenvalue weighted by Crippen LogP contribution is 2.18. The molecule has 1 unspecified atom stereocenters. The van der Waals surface area contributed by atoms with Crippen molar-refractivity contribution in [2.24, 2.45) is 0 Å². The van der Waals surface area contributed by atoms with Crippen LogP contribution < -0.4 is 10.6 Å². The fourth-order valence-corrected chi connectivity index (χ4v) is 2.16. The molecule has 3 nitrogen and oxygen atoms in total. The van der Waals surface area contributed by atoms with Gasteiger partial charge in [0.1, 0.15) is 6.67 Å². The summed E-state index contributed by atoms with van der Waals surface area (Å²) in [6.07, 6.45) is 0.688. The standard InChI is InChI=1S/C17H19FN2O/c18-11-12-19-17(21)20-16(15-9-5-2-6-10-15)13-14-7-3-1-4-8-14/h1-10,16H,11-13H2,(H2,19,20,21). The molecule has 0 spiro atoms. The van der Waals surface area contributed by atoms with Gasteiger partial charge in [-0.25, -0.2) is 9.18 Å². The normalized spacial score (nSPS) is 11.7. The van der Waals surface area contributed by atoms with Crippen molar-refractivity contribution in [3.05, 3.63) is 71.8 Å². The van der Waals surface area contributed by atoms with Crippen LogP contribution in [-0.2, 0) is 6.42 Å². The van der Waals surface area contributed by atoms with E-state index >= 15 is 0 Å². The Morgan fingerprint density at radius 1 is 1.00 bits per heavy atom. The lowest BCUT2D eigenvalue weighted by Gasteiger charge is -2.19. The molecule has 0 saturated carbocycles. The second kappa shape index (κ2) is 8.04. The van der Waals surface area contributed by atoms with Crippen molar-refractivity contribution in [2.75, 3.05) is 13.2 Å². The van der Waals surface area contributed by atoms with Gasteiger partial charge in [-0.1, -0.05) is 60.7 Å². The highest BCUT2D eigenvalue weighted by atomic mass is 19.1. The monoisotopic (exact) mass is 286 g/mol. The number of alkyl halides is 1. The summed E-state index contributed by atoms with van der Waals surface area (Å²) in [6, 6.07) is 19.2. The first-order valence-corrected chi connectivity index (χ1v) is 6.99. The van der Waals surface area contributed by atoms with E-state index in [-0.39, 0.29) is 18.6 Å². The Bertz CT molecular complexity index is 545. The third-order valence-electron chi connectivity index (χ3n) is 3.17. The van der Waals surface area contributed by atoms with Crippen LogP contribution in [0.3, 0.4) is 0 Å². The summed E-state index contributed by atoms with van der Waals surface area (Å²) in [5.74, 6) is 0. The Hall–Kier alpha value is -2.36. The first-order valence-electron chi connectivity index (χ1n) is 6.99. The number of benzene rings is 2. The molecule has 2 rings (SSSR count). The number of amides is 2. The molecule has 0 aliphatic carbocycles. The summed E-state index contributed by atoms with van der Waals surface area (Å²) in [4.78, 5) is 11.8. The van der Waals surface area contributed by atoms with Crippen molar-refractivity contribution in [3.63, 3.8) is 0 Å². The number of urea groups is 1. The quantitative estimate of drug-likeness (QED) is 0.841. The van der Waals surface area contributed by atoms with Gasteiger partial charge in [0.2, 0.25) is 0 Å². The van der Waals surface area contributed by atoms with Gasteiger partial charge in [0.15, 0.2) is 0 Å². The van der Waals surface area contributed by atoms with E-state index in [0.717, 1.165) is 11.1 Å².